The van der Waals surface area contributed by atoms with Gasteiger partial charge in [-0.25, -0.2) is 8.42 Å². The van der Waals surface area contributed by atoms with Gasteiger partial charge in [0.1, 0.15) is 0 Å². The monoisotopic (exact) mass is 376 g/mol. The predicted molar refractivity (Wildman–Crippen MR) is 96.3 cm³/mol. The topological polar surface area (TPSA) is 105 Å². The van der Waals surface area contributed by atoms with E-state index in [1.807, 2.05) is 6.07 Å². The number of rotatable bonds is 4. The quantitative estimate of drug-likeness (QED) is 0.646. The molecule has 1 N–H and O–H groups in total. The molecule has 0 bridgehead atoms. The van der Waals surface area contributed by atoms with E-state index in [0.717, 1.165) is 5.56 Å². The second kappa shape index (κ2) is 7.10. The molecular weight excluding hydrogens is 356 g/mol. The van der Waals surface area contributed by atoms with Gasteiger partial charge in [0.2, 0.25) is 0 Å². The van der Waals surface area contributed by atoms with E-state index in [1.54, 1.807) is 32.3 Å². The predicted octanol–water partition coefficient (Wildman–Crippen LogP) is 1.94. The summed E-state index contributed by atoms with van der Waals surface area (Å²) < 4.78 is 28.0. The second-order valence-electron chi connectivity index (χ2n) is 6.28. The first-order valence-corrected chi connectivity index (χ1v) is 9.64. The normalized spacial score (nSPS) is 18.6. The van der Waals surface area contributed by atoms with Gasteiger partial charge in [-0.2, -0.15) is 4.31 Å². The lowest BCUT2D eigenvalue weighted by molar-refractivity contribution is -0.387. The lowest BCUT2D eigenvalue weighted by Crippen LogP contribution is -2.48. The molecule has 1 aliphatic rings. The number of aryl methyl sites for hydroxylation is 2. The molecule has 0 aliphatic carbocycles. The van der Waals surface area contributed by atoms with Crippen molar-refractivity contribution in [2.24, 2.45) is 0 Å². The van der Waals surface area contributed by atoms with Gasteiger partial charge in [-0.1, -0.05) is 6.07 Å². The highest BCUT2D eigenvalue weighted by Crippen LogP contribution is 2.34. The summed E-state index contributed by atoms with van der Waals surface area (Å²) in [6, 6.07) is 5.80. The van der Waals surface area contributed by atoms with E-state index in [2.05, 4.69) is 10.3 Å². The first kappa shape index (κ1) is 18.4. The van der Waals surface area contributed by atoms with Crippen LogP contribution in [0.2, 0.25) is 0 Å². The summed E-state index contributed by atoms with van der Waals surface area (Å²) in [4.78, 5) is 14.6. The minimum Gasteiger partial charge on any atom is -0.313 e. The molecule has 1 fully saturated rings. The number of nitro groups is 1. The second-order valence-corrected chi connectivity index (χ2v) is 8.14. The molecule has 0 amide bonds. The first-order valence-electron chi connectivity index (χ1n) is 8.20. The lowest BCUT2D eigenvalue weighted by Gasteiger charge is -2.35. The molecule has 0 saturated carbocycles. The Hall–Kier alpha value is -2.36. The van der Waals surface area contributed by atoms with Crippen LogP contribution in [0.1, 0.15) is 22.7 Å². The number of nitro benzene ring substituents is 1. The third-order valence-corrected chi connectivity index (χ3v) is 6.56. The molecule has 0 radical (unpaired) electrons. The molecule has 1 unspecified atom stereocenters. The Bertz CT molecular complexity index is 931. The maximum Gasteiger partial charge on any atom is 0.289 e. The number of hydrogen-bond acceptors (Lipinski definition) is 6. The molecule has 26 heavy (non-hydrogen) atoms. The van der Waals surface area contributed by atoms with Crippen LogP contribution in [0.4, 0.5) is 5.69 Å². The number of nitrogens with zero attached hydrogens (tertiary/aromatic N) is 3. The van der Waals surface area contributed by atoms with E-state index in [0.29, 0.717) is 24.2 Å². The largest absolute Gasteiger partial charge is 0.313 e. The highest BCUT2D eigenvalue weighted by molar-refractivity contribution is 7.89. The number of aromatic nitrogens is 1. The van der Waals surface area contributed by atoms with E-state index in [4.69, 9.17) is 0 Å². The van der Waals surface area contributed by atoms with Gasteiger partial charge < -0.3 is 5.32 Å². The maximum atomic E-state index is 13.3. The van der Waals surface area contributed by atoms with E-state index in [-0.39, 0.29) is 11.4 Å². The standard InChI is InChI=1S/C17H20N4O4S/c1-12-8-15(21(22)23)17(9-13(12)2)26(24,25)20-7-6-19-11-16(20)14-4-3-5-18-10-14/h3-5,8-10,16,19H,6-7,11H2,1-2H3. The number of piperazine rings is 1. The van der Waals surface area contributed by atoms with E-state index < -0.39 is 26.7 Å². The average molecular weight is 376 g/mol. The van der Waals surface area contributed by atoms with Gasteiger partial charge in [-0.3, -0.25) is 15.1 Å². The highest BCUT2D eigenvalue weighted by Gasteiger charge is 2.38. The van der Waals surface area contributed by atoms with Crippen molar-refractivity contribution in [3.8, 4) is 0 Å². The van der Waals surface area contributed by atoms with Crippen molar-refractivity contribution in [1.82, 2.24) is 14.6 Å². The smallest absolute Gasteiger partial charge is 0.289 e. The van der Waals surface area contributed by atoms with Crippen LogP contribution in [0.3, 0.4) is 0 Å². The van der Waals surface area contributed by atoms with Gasteiger partial charge in [-0.05, 0) is 42.7 Å². The Balaban J connectivity index is 2.12. The van der Waals surface area contributed by atoms with Crippen molar-refractivity contribution >= 4 is 15.7 Å². The molecule has 3 rings (SSSR count). The van der Waals surface area contributed by atoms with Crippen LogP contribution in [0.5, 0.6) is 0 Å². The van der Waals surface area contributed by atoms with Crippen LogP contribution < -0.4 is 5.32 Å². The average Bonchev–Trinajstić information content (AvgIpc) is 2.64. The van der Waals surface area contributed by atoms with Gasteiger partial charge >= 0.3 is 0 Å². The number of hydrogen-bond donors (Lipinski definition) is 1. The molecule has 1 atom stereocenters. The van der Waals surface area contributed by atoms with Crippen molar-refractivity contribution in [2.45, 2.75) is 24.8 Å². The summed E-state index contributed by atoms with van der Waals surface area (Å²) >= 11 is 0. The molecular formula is C17H20N4O4S. The van der Waals surface area contributed by atoms with Crippen molar-refractivity contribution in [3.63, 3.8) is 0 Å². The van der Waals surface area contributed by atoms with Gasteiger partial charge in [-0.15, -0.1) is 0 Å². The number of pyridine rings is 1. The fourth-order valence-corrected chi connectivity index (χ4v) is 4.92. The Morgan fingerprint density at radius 3 is 2.69 bits per heavy atom. The zero-order valence-electron chi connectivity index (χ0n) is 14.5. The zero-order chi connectivity index (χ0) is 18.9. The van der Waals surface area contributed by atoms with E-state index in [1.165, 1.54) is 16.4 Å². The summed E-state index contributed by atoms with van der Waals surface area (Å²) in [6.45, 7) is 4.60. The van der Waals surface area contributed by atoms with Crippen molar-refractivity contribution in [1.29, 1.82) is 0 Å². The molecule has 2 heterocycles. The van der Waals surface area contributed by atoms with E-state index in [9.17, 15) is 18.5 Å². The molecule has 9 heteroatoms. The minimum absolute atomic E-state index is 0.228. The molecule has 8 nitrogen and oxygen atoms in total. The third-order valence-electron chi connectivity index (χ3n) is 4.62. The lowest BCUT2D eigenvalue weighted by atomic mass is 10.1. The number of benzene rings is 1. The number of nitrogens with one attached hydrogen (secondary N) is 1. The van der Waals surface area contributed by atoms with Crippen molar-refractivity contribution in [2.75, 3.05) is 19.6 Å². The van der Waals surface area contributed by atoms with Crippen molar-refractivity contribution in [3.05, 3.63) is 63.5 Å². The van der Waals surface area contributed by atoms with E-state index >= 15 is 0 Å². The summed E-state index contributed by atoms with van der Waals surface area (Å²) in [5.41, 5.74) is 1.73. The first-order chi connectivity index (χ1) is 12.3. The van der Waals surface area contributed by atoms with Gasteiger partial charge in [0.15, 0.2) is 4.90 Å². The molecule has 1 saturated heterocycles. The van der Waals surface area contributed by atoms with Crippen LogP contribution in [-0.2, 0) is 10.0 Å². The summed E-state index contributed by atoms with van der Waals surface area (Å²) in [5, 5.41) is 14.6. The van der Waals surface area contributed by atoms with Crippen LogP contribution in [0, 0.1) is 24.0 Å². The Morgan fingerprint density at radius 1 is 1.31 bits per heavy atom. The Labute approximate surface area is 152 Å². The number of sulfonamides is 1. The van der Waals surface area contributed by atoms with Gasteiger partial charge in [0, 0.05) is 38.1 Å². The Kier molecular flexibility index (Phi) is 5.03. The molecule has 1 aromatic heterocycles. The van der Waals surface area contributed by atoms with Crippen LogP contribution in [0.25, 0.3) is 0 Å². The highest BCUT2D eigenvalue weighted by atomic mass is 32.2. The molecule has 1 aliphatic heterocycles. The summed E-state index contributed by atoms with van der Waals surface area (Å²) in [5.74, 6) is 0. The molecule has 2 aromatic rings. The molecule has 1 aromatic carbocycles. The zero-order valence-corrected chi connectivity index (χ0v) is 15.4. The van der Waals surface area contributed by atoms with Crippen LogP contribution >= 0.6 is 0 Å². The SMILES string of the molecule is Cc1cc([N+](=O)[O-])c(S(=O)(=O)N2CCNCC2c2cccnc2)cc1C. The van der Waals surface area contributed by atoms with Crippen LogP contribution in [0.15, 0.2) is 41.6 Å². The van der Waals surface area contributed by atoms with Crippen molar-refractivity contribution < 1.29 is 13.3 Å². The van der Waals surface area contributed by atoms with Gasteiger partial charge in [0.05, 0.1) is 11.0 Å². The molecule has 0 spiro atoms. The minimum atomic E-state index is -4.05. The molecule has 138 valence electrons. The fraction of sp³-hybridized carbons (Fsp3) is 0.353. The van der Waals surface area contributed by atoms with Crippen LogP contribution in [-0.4, -0.2) is 42.3 Å². The fourth-order valence-electron chi connectivity index (χ4n) is 3.08. The van der Waals surface area contributed by atoms with Gasteiger partial charge in [0.25, 0.3) is 15.7 Å². The summed E-state index contributed by atoms with van der Waals surface area (Å²) in [7, 11) is -4.05. The maximum absolute atomic E-state index is 13.3. The summed E-state index contributed by atoms with van der Waals surface area (Å²) in [6.07, 6.45) is 3.24. The Morgan fingerprint density at radius 2 is 2.04 bits per heavy atom. The third kappa shape index (κ3) is 3.33.